The van der Waals surface area contributed by atoms with Crippen LogP contribution in [0.3, 0.4) is 0 Å². The third-order valence-electron chi connectivity index (χ3n) is 4.20. The molecule has 0 bridgehead atoms. The number of aliphatic hydroxyl groups excluding tert-OH is 1. The van der Waals surface area contributed by atoms with Crippen molar-refractivity contribution >= 4 is 32.8 Å². The van der Waals surface area contributed by atoms with Crippen LogP contribution in [0.15, 0.2) is 27.1 Å². The molecule has 1 N–H and O–H groups in total. The van der Waals surface area contributed by atoms with Crippen molar-refractivity contribution in [3.8, 4) is 0 Å². The van der Waals surface area contributed by atoms with Crippen LogP contribution in [0.2, 0.25) is 0 Å². The summed E-state index contributed by atoms with van der Waals surface area (Å²) in [5, 5.41) is 9.98. The number of carbonyl (C=O) groups excluding carboxylic acids is 1. The number of furan rings is 1. The highest BCUT2D eigenvalue weighted by Crippen LogP contribution is 2.30. The molecule has 1 atom stereocenters. The van der Waals surface area contributed by atoms with Crippen molar-refractivity contribution in [3.63, 3.8) is 0 Å². The van der Waals surface area contributed by atoms with Crippen molar-refractivity contribution in [2.45, 2.75) is 19.8 Å². The zero-order chi connectivity index (χ0) is 15.0. The number of halogens is 1. The molecule has 5 heteroatoms. The molecule has 1 aliphatic rings. The first-order chi connectivity index (χ1) is 10.1. The summed E-state index contributed by atoms with van der Waals surface area (Å²) in [7, 11) is 0. The highest BCUT2D eigenvalue weighted by Gasteiger charge is 2.29. The maximum Gasteiger partial charge on any atom is 0.289 e. The lowest BCUT2D eigenvalue weighted by atomic mass is 10.1. The predicted molar refractivity (Wildman–Crippen MR) is 84.4 cm³/mol. The van der Waals surface area contributed by atoms with Crippen LogP contribution in [-0.2, 0) is 0 Å². The number of hydrogen-bond donors (Lipinski definition) is 1. The molecule has 3 rings (SSSR count). The van der Waals surface area contributed by atoms with Gasteiger partial charge in [0.25, 0.3) is 5.91 Å². The van der Waals surface area contributed by atoms with Gasteiger partial charge in [-0.2, -0.15) is 0 Å². The van der Waals surface area contributed by atoms with E-state index in [0.29, 0.717) is 18.2 Å². The van der Waals surface area contributed by atoms with Crippen molar-refractivity contribution in [2.24, 2.45) is 5.92 Å². The Kier molecular flexibility index (Phi) is 4.04. The predicted octanol–water partition coefficient (Wildman–Crippen LogP) is 3.35. The molecule has 1 amide bonds. The van der Waals surface area contributed by atoms with Crippen molar-refractivity contribution in [2.75, 3.05) is 19.7 Å². The summed E-state index contributed by atoms with van der Waals surface area (Å²) in [5.41, 5.74) is 1.63. The first kappa shape index (κ1) is 14.6. The molecule has 0 aliphatic carbocycles. The lowest BCUT2D eigenvalue weighted by Crippen LogP contribution is -2.29. The summed E-state index contributed by atoms with van der Waals surface area (Å²) in [6.07, 6.45) is 1.72. The Labute approximate surface area is 131 Å². The third-order valence-corrected chi connectivity index (χ3v) is 4.70. The van der Waals surface area contributed by atoms with Crippen LogP contribution in [0.25, 0.3) is 11.0 Å². The summed E-state index contributed by atoms with van der Waals surface area (Å²) in [4.78, 5) is 14.5. The van der Waals surface area contributed by atoms with Gasteiger partial charge in [0.1, 0.15) is 5.58 Å². The van der Waals surface area contributed by atoms with Crippen molar-refractivity contribution in [1.82, 2.24) is 4.90 Å². The summed E-state index contributed by atoms with van der Waals surface area (Å²) in [5.74, 6) is 0.797. The van der Waals surface area contributed by atoms with Gasteiger partial charge in [0.05, 0.1) is 0 Å². The minimum Gasteiger partial charge on any atom is -0.451 e. The first-order valence-electron chi connectivity index (χ1n) is 7.19. The van der Waals surface area contributed by atoms with Crippen molar-refractivity contribution in [3.05, 3.63) is 34.0 Å². The Hall–Kier alpha value is -1.33. The van der Waals surface area contributed by atoms with Crippen LogP contribution in [-0.4, -0.2) is 35.6 Å². The molecule has 0 spiro atoms. The van der Waals surface area contributed by atoms with E-state index in [9.17, 15) is 4.79 Å². The highest BCUT2D eigenvalue weighted by atomic mass is 79.9. The summed E-state index contributed by atoms with van der Waals surface area (Å²) in [6.45, 7) is 3.56. The quantitative estimate of drug-likeness (QED) is 0.922. The van der Waals surface area contributed by atoms with Crippen LogP contribution in [0, 0.1) is 12.8 Å². The molecule has 21 heavy (non-hydrogen) atoms. The van der Waals surface area contributed by atoms with E-state index in [1.165, 1.54) is 0 Å². The maximum absolute atomic E-state index is 12.6. The molecular weight excluding hydrogens is 334 g/mol. The molecule has 1 saturated heterocycles. The number of likely N-dealkylation sites (tertiary alicyclic amines) is 1. The second-order valence-corrected chi connectivity index (χ2v) is 6.53. The Morgan fingerprint density at radius 2 is 2.33 bits per heavy atom. The van der Waals surface area contributed by atoms with Gasteiger partial charge in [-0.15, -0.1) is 0 Å². The van der Waals surface area contributed by atoms with Crippen LogP contribution in [0.5, 0.6) is 0 Å². The summed E-state index contributed by atoms with van der Waals surface area (Å²) >= 11 is 3.44. The summed E-state index contributed by atoms with van der Waals surface area (Å²) in [6, 6.07) is 5.76. The van der Waals surface area contributed by atoms with E-state index in [0.717, 1.165) is 40.4 Å². The number of fused-ring (bicyclic) bond motifs is 1. The molecule has 0 radical (unpaired) electrons. The van der Waals surface area contributed by atoms with E-state index in [4.69, 9.17) is 9.52 Å². The van der Waals surface area contributed by atoms with Gasteiger partial charge in [-0.3, -0.25) is 4.79 Å². The van der Waals surface area contributed by atoms with Gasteiger partial charge in [-0.1, -0.05) is 15.9 Å². The second-order valence-electron chi connectivity index (χ2n) is 5.61. The number of hydrogen-bond acceptors (Lipinski definition) is 3. The number of rotatable bonds is 3. The van der Waals surface area contributed by atoms with Crippen LogP contribution < -0.4 is 0 Å². The Morgan fingerprint density at radius 1 is 1.52 bits per heavy atom. The second kappa shape index (κ2) is 5.81. The van der Waals surface area contributed by atoms with E-state index >= 15 is 0 Å². The highest BCUT2D eigenvalue weighted by molar-refractivity contribution is 9.10. The maximum atomic E-state index is 12.6. The lowest BCUT2D eigenvalue weighted by Gasteiger charge is -2.15. The largest absolute Gasteiger partial charge is 0.451 e. The molecule has 1 aliphatic heterocycles. The minimum absolute atomic E-state index is 0.0414. The number of benzene rings is 1. The number of nitrogens with zero attached hydrogens (tertiary/aromatic N) is 1. The molecule has 2 aromatic rings. The Morgan fingerprint density at radius 3 is 3.10 bits per heavy atom. The van der Waals surface area contributed by atoms with Crippen molar-refractivity contribution < 1.29 is 14.3 Å². The van der Waals surface area contributed by atoms with E-state index in [1.807, 2.05) is 30.0 Å². The molecule has 0 saturated carbocycles. The molecule has 2 heterocycles. The standard InChI is InChI=1S/C16H18BrNO3/c1-10-13-8-12(17)2-3-14(13)21-15(10)16(20)18-6-4-11(9-18)5-7-19/h2-3,8,11,19H,4-7,9H2,1H3. The zero-order valence-corrected chi connectivity index (χ0v) is 13.5. The molecule has 1 aromatic heterocycles. The average Bonchev–Trinajstić information content (AvgIpc) is 3.05. The molecule has 1 fully saturated rings. The van der Waals surface area contributed by atoms with Gasteiger partial charge < -0.3 is 14.4 Å². The molecule has 112 valence electrons. The zero-order valence-electron chi connectivity index (χ0n) is 11.9. The fraction of sp³-hybridized carbons (Fsp3) is 0.438. The van der Waals surface area contributed by atoms with Gasteiger partial charge in [0, 0.05) is 35.1 Å². The van der Waals surface area contributed by atoms with E-state index < -0.39 is 0 Å². The van der Waals surface area contributed by atoms with Crippen LogP contribution in [0.4, 0.5) is 0 Å². The van der Waals surface area contributed by atoms with Gasteiger partial charge in [-0.05, 0) is 43.9 Å². The number of carbonyl (C=O) groups is 1. The van der Waals surface area contributed by atoms with Crippen LogP contribution >= 0.6 is 15.9 Å². The molecule has 4 nitrogen and oxygen atoms in total. The molecule has 1 aromatic carbocycles. The number of amides is 1. The van der Waals surface area contributed by atoms with E-state index in [-0.39, 0.29) is 12.5 Å². The van der Waals surface area contributed by atoms with Gasteiger partial charge >= 0.3 is 0 Å². The number of aliphatic hydroxyl groups is 1. The third kappa shape index (κ3) is 2.72. The molecular formula is C16H18BrNO3. The normalized spacial score (nSPS) is 18.6. The Balaban J connectivity index is 1.87. The topological polar surface area (TPSA) is 53.7 Å². The first-order valence-corrected chi connectivity index (χ1v) is 7.98. The van der Waals surface area contributed by atoms with Crippen molar-refractivity contribution in [1.29, 1.82) is 0 Å². The Bertz CT molecular complexity index is 679. The van der Waals surface area contributed by atoms with E-state index in [2.05, 4.69) is 15.9 Å². The average molecular weight is 352 g/mol. The van der Waals surface area contributed by atoms with Gasteiger partial charge in [0.2, 0.25) is 0 Å². The minimum atomic E-state index is -0.0414. The van der Waals surface area contributed by atoms with Gasteiger partial charge in [0.15, 0.2) is 5.76 Å². The molecule has 1 unspecified atom stereocenters. The van der Waals surface area contributed by atoms with Gasteiger partial charge in [-0.25, -0.2) is 0 Å². The van der Waals surface area contributed by atoms with E-state index in [1.54, 1.807) is 0 Å². The fourth-order valence-corrected chi connectivity index (χ4v) is 3.34. The summed E-state index contributed by atoms with van der Waals surface area (Å²) < 4.78 is 6.74. The number of aryl methyl sites for hydroxylation is 1. The smallest absolute Gasteiger partial charge is 0.289 e. The SMILES string of the molecule is Cc1c(C(=O)N2CCC(CCO)C2)oc2ccc(Br)cc12. The lowest BCUT2D eigenvalue weighted by molar-refractivity contribution is 0.0754. The van der Waals surface area contributed by atoms with Crippen LogP contribution in [0.1, 0.15) is 29.0 Å². The fourth-order valence-electron chi connectivity index (χ4n) is 2.98. The monoisotopic (exact) mass is 351 g/mol.